The van der Waals surface area contributed by atoms with E-state index >= 15 is 0 Å². The smallest absolute Gasteiger partial charge is 0.241 e. The van der Waals surface area contributed by atoms with Gasteiger partial charge in [-0.1, -0.05) is 29.5 Å². The largest absolute Gasteiger partial charge is 0.508 e. The van der Waals surface area contributed by atoms with Crippen molar-refractivity contribution >= 4 is 22.7 Å². The Kier molecular flexibility index (Phi) is 4.51. The van der Waals surface area contributed by atoms with Crippen LogP contribution in [0.15, 0.2) is 53.6 Å². The van der Waals surface area contributed by atoms with Gasteiger partial charge in [-0.3, -0.25) is 4.79 Å². The van der Waals surface area contributed by atoms with Gasteiger partial charge in [0.25, 0.3) is 0 Å². The van der Waals surface area contributed by atoms with Gasteiger partial charge in [-0.05, 0) is 31.2 Å². The SMILES string of the molecule is C/C(=N\NC(=O)CCn1nnc2ccccc21)c1cccc(O)c1. The average Bonchev–Trinajstić information content (AvgIpc) is 3.01. The molecule has 0 saturated heterocycles. The first-order valence-electron chi connectivity index (χ1n) is 7.54. The summed E-state index contributed by atoms with van der Waals surface area (Å²) in [6.07, 6.45) is 0.240. The Balaban J connectivity index is 1.59. The second-order valence-corrected chi connectivity index (χ2v) is 5.33. The number of phenolic OH excluding ortho intramolecular Hbond substituents is 1. The first-order valence-corrected chi connectivity index (χ1v) is 7.54. The number of benzene rings is 2. The van der Waals surface area contributed by atoms with Crippen molar-refractivity contribution in [3.05, 3.63) is 54.1 Å². The third-order valence-electron chi connectivity index (χ3n) is 3.58. The van der Waals surface area contributed by atoms with Crippen molar-refractivity contribution in [2.75, 3.05) is 0 Å². The van der Waals surface area contributed by atoms with Crippen LogP contribution in [0.3, 0.4) is 0 Å². The van der Waals surface area contributed by atoms with E-state index in [0.717, 1.165) is 16.6 Å². The fourth-order valence-electron chi connectivity index (χ4n) is 2.29. The molecule has 0 unspecified atom stereocenters. The highest BCUT2D eigenvalue weighted by atomic mass is 16.3. The third-order valence-corrected chi connectivity index (χ3v) is 3.58. The molecule has 0 spiro atoms. The lowest BCUT2D eigenvalue weighted by Gasteiger charge is -2.04. The lowest BCUT2D eigenvalue weighted by molar-refractivity contribution is -0.121. The minimum Gasteiger partial charge on any atom is -0.508 e. The van der Waals surface area contributed by atoms with Gasteiger partial charge in [0.15, 0.2) is 0 Å². The van der Waals surface area contributed by atoms with E-state index in [1.165, 1.54) is 0 Å². The van der Waals surface area contributed by atoms with Gasteiger partial charge in [0.2, 0.25) is 5.91 Å². The van der Waals surface area contributed by atoms with Crippen LogP contribution >= 0.6 is 0 Å². The van der Waals surface area contributed by atoms with Crippen LogP contribution in [-0.4, -0.2) is 31.7 Å². The molecule has 2 aromatic carbocycles. The highest BCUT2D eigenvalue weighted by Crippen LogP contribution is 2.12. The molecule has 2 N–H and O–H groups in total. The van der Waals surface area contributed by atoms with Crippen LogP contribution in [0, 0.1) is 0 Å². The maximum Gasteiger partial charge on any atom is 0.241 e. The Labute approximate surface area is 138 Å². The summed E-state index contributed by atoms with van der Waals surface area (Å²) >= 11 is 0. The number of aromatic hydroxyl groups is 1. The number of carbonyl (C=O) groups excluding carboxylic acids is 1. The van der Waals surface area contributed by atoms with Crippen molar-refractivity contribution in [2.24, 2.45) is 5.10 Å². The number of para-hydroxylation sites is 1. The lowest BCUT2D eigenvalue weighted by atomic mass is 10.1. The molecule has 24 heavy (non-hydrogen) atoms. The molecular weight excluding hydrogens is 306 g/mol. The standard InChI is InChI=1S/C17H17N5O2/c1-12(13-5-4-6-14(23)11-13)18-20-17(24)9-10-22-16-8-3-2-7-15(16)19-21-22/h2-8,11,23H,9-10H2,1H3,(H,20,24)/b18-12+. The summed E-state index contributed by atoms with van der Waals surface area (Å²) in [5.41, 5.74) is 5.58. The number of rotatable bonds is 5. The highest BCUT2D eigenvalue weighted by molar-refractivity contribution is 5.99. The number of nitrogens with zero attached hydrogens (tertiary/aromatic N) is 4. The zero-order valence-electron chi connectivity index (χ0n) is 13.2. The van der Waals surface area contributed by atoms with Crippen LogP contribution in [-0.2, 0) is 11.3 Å². The molecule has 1 aromatic heterocycles. The molecule has 7 nitrogen and oxygen atoms in total. The summed E-state index contributed by atoms with van der Waals surface area (Å²) in [5, 5.41) is 21.6. The van der Waals surface area contributed by atoms with Crippen LogP contribution in [0.5, 0.6) is 5.75 Å². The minimum absolute atomic E-state index is 0.159. The Hall–Kier alpha value is -3.22. The van der Waals surface area contributed by atoms with Crippen molar-refractivity contribution < 1.29 is 9.90 Å². The van der Waals surface area contributed by atoms with Crippen LogP contribution in [0.4, 0.5) is 0 Å². The predicted octanol–water partition coefficient (Wildman–Crippen LogP) is 2.07. The number of phenols is 1. The molecule has 0 radical (unpaired) electrons. The second kappa shape index (κ2) is 6.91. The number of nitrogens with one attached hydrogen (secondary N) is 1. The monoisotopic (exact) mass is 323 g/mol. The van der Waals surface area contributed by atoms with E-state index < -0.39 is 0 Å². The summed E-state index contributed by atoms with van der Waals surface area (Å²) in [4.78, 5) is 11.9. The molecule has 0 fully saturated rings. The summed E-state index contributed by atoms with van der Waals surface area (Å²) in [7, 11) is 0. The number of carbonyl (C=O) groups is 1. The zero-order valence-corrected chi connectivity index (χ0v) is 13.2. The fourth-order valence-corrected chi connectivity index (χ4v) is 2.29. The van der Waals surface area contributed by atoms with Crippen LogP contribution < -0.4 is 5.43 Å². The Bertz CT molecular complexity index is 901. The third kappa shape index (κ3) is 3.57. The topological polar surface area (TPSA) is 92.4 Å². The molecule has 1 amide bonds. The molecule has 122 valence electrons. The normalized spacial score (nSPS) is 11.6. The van der Waals surface area contributed by atoms with Crippen molar-refractivity contribution in [3.63, 3.8) is 0 Å². The fraction of sp³-hybridized carbons (Fsp3) is 0.176. The molecule has 0 aliphatic rings. The van der Waals surface area contributed by atoms with E-state index in [0.29, 0.717) is 12.3 Å². The molecule has 0 bridgehead atoms. The summed E-state index contributed by atoms with van der Waals surface area (Å²) in [5.74, 6) is -0.0551. The maximum atomic E-state index is 11.9. The van der Waals surface area contributed by atoms with Crippen molar-refractivity contribution in [2.45, 2.75) is 19.9 Å². The second-order valence-electron chi connectivity index (χ2n) is 5.33. The van der Waals surface area contributed by atoms with Gasteiger partial charge < -0.3 is 5.11 Å². The van der Waals surface area contributed by atoms with E-state index in [1.54, 1.807) is 29.8 Å². The van der Waals surface area contributed by atoms with E-state index in [1.807, 2.05) is 30.3 Å². The highest BCUT2D eigenvalue weighted by Gasteiger charge is 2.06. The molecule has 3 rings (SSSR count). The van der Waals surface area contributed by atoms with Crippen LogP contribution in [0.25, 0.3) is 11.0 Å². The summed E-state index contributed by atoms with van der Waals surface area (Å²) < 4.78 is 1.70. The summed E-state index contributed by atoms with van der Waals surface area (Å²) in [6.45, 7) is 2.19. The molecule has 3 aromatic rings. The van der Waals surface area contributed by atoms with Crippen LogP contribution in [0.2, 0.25) is 0 Å². The van der Waals surface area contributed by atoms with Crippen molar-refractivity contribution in [1.29, 1.82) is 0 Å². The predicted molar refractivity (Wildman–Crippen MR) is 90.6 cm³/mol. The van der Waals surface area contributed by atoms with Gasteiger partial charge in [-0.25, -0.2) is 10.1 Å². The number of hydrogen-bond donors (Lipinski definition) is 2. The van der Waals surface area contributed by atoms with E-state index in [-0.39, 0.29) is 18.1 Å². The van der Waals surface area contributed by atoms with E-state index in [4.69, 9.17) is 0 Å². The molecule has 0 saturated carbocycles. The Morgan fingerprint density at radius 1 is 1.25 bits per heavy atom. The Morgan fingerprint density at radius 2 is 2.08 bits per heavy atom. The first-order chi connectivity index (χ1) is 11.6. The minimum atomic E-state index is -0.214. The lowest BCUT2D eigenvalue weighted by Crippen LogP contribution is -2.21. The van der Waals surface area contributed by atoms with Gasteiger partial charge in [-0.2, -0.15) is 5.10 Å². The number of hydrogen-bond acceptors (Lipinski definition) is 5. The van der Waals surface area contributed by atoms with Gasteiger partial charge in [0.1, 0.15) is 11.3 Å². The number of hydrazone groups is 1. The van der Waals surface area contributed by atoms with Crippen LogP contribution in [0.1, 0.15) is 18.9 Å². The van der Waals surface area contributed by atoms with E-state index in [9.17, 15) is 9.90 Å². The number of aryl methyl sites for hydroxylation is 1. The summed E-state index contributed by atoms with van der Waals surface area (Å²) in [6, 6.07) is 14.3. The molecule has 0 aliphatic carbocycles. The van der Waals surface area contributed by atoms with Crippen molar-refractivity contribution in [1.82, 2.24) is 20.4 Å². The van der Waals surface area contributed by atoms with Gasteiger partial charge >= 0.3 is 0 Å². The van der Waals surface area contributed by atoms with Crippen molar-refractivity contribution in [3.8, 4) is 5.75 Å². The van der Waals surface area contributed by atoms with E-state index in [2.05, 4.69) is 20.8 Å². The zero-order chi connectivity index (χ0) is 16.9. The van der Waals surface area contributed by atoms with Gasteiger partial charge in [0, 0.05) is 12.0 Å². The molecule has 1 heterocycles. The quantitative estimate of drug-likeness (QED) is 0.555. The molecular formula is C17H17N5O2. The van der Waals surface area contributed by atoms with Gasteiger partial charge in [0.05, 0.1) is 17.8 Å². The number of fused-ring (bicyclic) bond motifs is 1. The van der Waals surface area contributed by atoms with Gasteiger partial charge in [-0.15, -0.1) is 5.10 Å². The molecule has 0 aliphatic heterocycles. The first kappa shape index (κ1) is 15.7. The number of amides is 1. The Morgan fingerprint density at radius 3 is 2.92 bits per heavy atom. The molecule has 7 heteroatoms. The molecule has 0 atom stereocenters. The maximum absolute atomic E-state index is 11.9. The number of aromatic nitrogens is 3. The average molecular weight is 323 g/mol.